The van der Waals surface area contributed by atoms with Gasteiger partial charge in [-0.05, 0) is 30.0 Å². The van der Waals surface area contributed by atoms with Gasteiger partial charge in [-0.1, -0.05) is 44.2 Å². The summed E-state index contributed by atoms with van der Waals surface area (Å²) in [6, 6.07) is 12.6. The van der Waals surface area contributed by atoms with E-state index in [2.05, 4.69) is 58.8 Å². The van der Waals surface area contributed by atoms with Gasteiger partial charge in [0, 0.05) is 17.1 Å². The van der Waals surface area contributed by atoms with Crippen LogP contribution < -0.4 is 5.32 Å². The highest BCUT2D eigenvalue weighted by Crippen LogP contribution is 2.27. The van der Waals surface area contributed by atoms with Crippen LogP contribution in [0.3, 0.4) is 0 Å². The summed E-state index contributed by atoms with van der Waals surface area (Å²) in [5.41, 5.74) is 4.64. The molecular formula is C18H19N3S. The number of rotatable bonds is 4. The second-order valence-corrected chi connectivity index (χ2v) is 6.52. The number of hydrogen-bond donors (Lipinski definition) is 1. The molecular weight excluding hydrogens is 290 g/mol. The lowest BCUT2D eigenvalue weighted by molar-refractivity contribution is 0.867. The maximum absolute atomic E-state index is 4.64. The second kappa shape index (κ2) is 6.28. The second-order valence-electron chi connectivity index (χ2n) is 5.66. The van der Waals surface area contributed by atoms with Crippen LogP contribution in [0.25, 0.3) is 11.3 Å². The fraction of sp³-hybridized carbons (Fsp3) is 0.222. The first-order chi connectivity index (χ1) is 10.6. The lowest BCUT2D eigenvalue weighted by Crippen LogP contribution is -1.92. The number of aryl methyl sites for hydroxylation is 1. The first-order valence-corrected chi connectivity index (χ1v) is 8.25. The van der Waals surface area contributed by atoms with Crippen LogP contribution in [0.15, 0.2) is 48.0 Å². The molecule has 2 heterocycles. The molecule has 0 aliphatic carbocycles. The van der Waals surface area contributed by atoms with E-state index in [0.717, 1.165) is 27.8 Å². The molecule has 0 aliphatic heterocycles. The van der Waals surface area contributed by atoms with Gasteiger partial charge in [0.1, 0.15) is 5.82 Å². The first kappa shape index (κ1) is 14.7. The van der Waals surface area contributed by atoms with E-state index in [9.17, 15) is 0 Å². The smallest absolute Gasteiger partial charge is 0.188 e. The molecule has 0 saturated carbocycles. The van der Waals surface area contributed by atoms with Crippen molar-refractivity contribution in [2.75, 3.05) is 5.32 Å². The minimum atomic E-state index is 0.550. The summed E-state index contributed by atoms with van der Waals surface area (Å²) >= 11 is 1.59. The monoisotopic (exact) mass is 309 g/mol. The molecule has 3 aromatic rings. The molecule has 2 aromatic heterocycles. The Bertz CT molecular complexity index is 743. The molecule has 0 amide bonds. The number of nitrogens with zero attached hydrogens (tertiary/aromatic N) is 2. The van der Waals surface area contributed by atoms with Crippen LogP contribution in [0.1, 0.15) is 30.9 Å². The van der Waals surface area contributed by atoms with Crippen molar-refractivity contribution in [2.45, 2.75) is 26.7 Å². The molecule has 0 atom stereocenters. The SMILES string of the molecule is Cc1ccc(Nc2nc(-c3ccc(C(C)C)cc3)cs2)nc1. The van der Waals surface area contributed by atoms with Gasteiger partial charge in [-0.3, -0.25) is 0 Å². The zero-order valence-electron chi connectivity index (χ0n) is 13.0. The maximum atomic E-state index is 4.64. The molecule has 0 bridgehead atoms. The van der Waals surface area contributed by atoms with Crippen molar-refractivity contribution in [3.63, 3.8) is 0 Å². The topological polar surface area (TPSA) is 37.8 Å². The molecule has 1 N–H and O–H groups in total. The summed E-state index contributed by atoms with van der Waals surface area (Å²) < 4.78 is 0. The van der Waals surface area contributed by atoms with Crippen molar-refractivity contribution in [1.82, 2.24) is 9.97 Å². The third-order valence-electron chi connectivity index (χ3n) is 3.52. The summed E-state index contributed by atoms with van der Waals surface area (Å²) in [6.45, 7) is 6.43. The average Bonchev–Trinajstić information content (AvgIpc) is 2.98. The van der Waals surface area contributed by atoms with E-state index in [1.807, 2.05) is 25.3 Å². The number of anilines is 2. The molecule has 0 unspecified atom stereocenters. The Hall–Kier alpha value is -2.20. The summed E-state index contributed by atoms with van der Waals surface area (Å²) in [4.78, 5) is 8.98. The van der Waals surface area contributed by atoms with Gasteiger partial charge in [0.25, 0.3) is 0 Å². The third-order valence-corrected chi connectivity index (χ3v) is 4.28. The highest BCUT2D eigenvalue weighted by Gasteiger charge is 2.06. The van der Waals surface area contributed by atoms with E-state index >= 15 is 0 Å². The predicted molar refractivity (Wildman–Crippen MR) is 93.9 cm³/mol. The Labute approximate surface area is 135 Å². The standard InChI is InChI=1S/C18H19N3S/c1-12(2)14-5-7-15(8-6-14)16-11-22-18(20-16)21-17-9-4-13(3)10-19-17/h4-12H,1-3H3,(H,19,20,21). The Morgan fingerprint density at radius 1 is 1.05 bits per heavy atom. The van der Waals surface area contributed by atoms with Gasteiger partial charge in [-0.2, -0.15) is 0 Å². The van der Waals surface area contributed by atoms with Crippen LogP contribution in [0.2, 0.25) is 0 Å². The van der Waals surface area contributed by atoms with Crippen molar-refractivity contribution in [3.8, 4) is 11.3 Å². The summed E-state index contributed by atoms with van der Waals surface area (Å²) in [7, 11) is 0. The van der Waals surface area contributed by atoms with E-state index in [1.165, 1.54) is 5.56 Å². The van der Waals surface area contributed by atoms with Crippen LogP contribution in [-0.2, 0) is 0 Å². The van der Waals surface area contributed by atoms with E-state index in [1.54, 1.807) is 11.3 Å². The van der Waals surface area contributed by atoms with Crippen LogP contribution in [0.5, 0.6) is 0 Å². The van der Waals surface area contributed by atoms with Crippen LogP contribution in [0, 0.1) is 6.92 Å². The van der Waals surface area contributed by atoms with Crippen molar-refractivity contribution >= 4 is 22.3 Å². The molecule has 0 spiro atoms. The molecule has 112 valence electrons. The summed E-state index contributed by atoms with van der Waals surface area (Å²) in [5, 5.41) is 6.18. The van der Waals surface area contributed by atoms with Gasteiger partial charge < -0.3 is 5.32 Å². The van der Waals surface area contributed by atoms with Gasteiger partial charge in [0.15, 0.2) is 5.13 Å². The molecule has 0 saturated heterocycles. The average molecular weight is 309 g/mol. The highest BCUT2D eigenvalue weighted by atomic mass is 32.1. The number of hydrogen-bond acceptors (Lipinski definition) is 4. The van der Waals surface area contributed by atoms with Crippen LogP contribution in [-0.4, -0.2) is 9.97 Å². The Morgan fingerprint density at radius 3 is 2.45 bits per heavy atom. The largest absolute Gasteiger partial charge is 0.316 e. The summed E-state index contributed by atoms with van der Waals surface area (Å²) in [5.74, 6) is 1.37. The van der Waals surface area contributed by atoms with Gasteiger partial charge in [0.2, 0.25) is 0 Å². The molecule has 0 radical (unpaired) electrons. The van der Waals surface area contributed by atoms with Gasteiger partial charge in [0.05, 0.1) is 5.69 Å². The van der Waals surface area contributed by atoms with Crippen LogP contribution in [0.4, 0.5) is 10.9 Å². The molecule has 0 fully saturated rings. The highest BCUT2D eigenvalue weighted by molar-refractivity contribution is 7.14. The van der Waals surface area contributed by atoms with Crippen LogP contribution >= 0.6 is 11.3 Å². The molecule has 3 nitrogen and oxygen atoms in total. The quantitative estimate of drug-likeness (QED) is 0.703. The van der Waals surface area contributed by atoms with E-state index < -0.39 is 0 Å². The van der Waals surface area contributed by atoms with Gasteiger partial charge in [-0.15, -0.1) is 11.3 Å². The van der Waals surface area contributed by atoms with E-state index in [-0.39, 0.29) is 0 Å². The van der Waals surface area contributed by atoms with Crippen molar-refractivity contribution in [2.24, 2.45) is 0 Å². The van der Waals surface area contributed by atoms with Crippen molar-refractivity contribution in [3.05, 3.63) is 59.1 Å². The zero-order valence-corrected chi connectivity index (χ0v) is 13.8. The predicted octanol–water partition coefficient (Wildman–Crippen LogP) is 5.38. The Balaban J connectivity index is 1.77. The maximum Gasteiger partial charge on any atom is 0.188 e. The number of pyridine rings is 1. The number of benzene rings is 1. The number of thiazole rings is 1. The number of aromatic nitrogens is 2. The molecule has 3 rings (SSSR count). The minimum absolute atomic E-state index is 0.550. The zero-order chi connectivity index (χ0) is 15.5. The fourth-order valence-corrected chi connectivity index (χ4v) is 2.88. The lowest BCUT2D eigenvalue weighted by atomic mass is 10.0. The lowest BCUT2D eigenvalue weighted by Gasteiger charge is -2.05. The van der Waals surface area contributed by atoms with Gasteiger partial charge in [-0.25, -0.2) is 9.97 Å². The van der Waals surface area contributed by atoms with E-state index in [4.69, 9.17) is 0 Å². The molecule has 4 heteroatoms. The molecule has 22 heavy (non-hydrogen) atoms. The Kier molecular flexibility index (Phi) is 4.20. The van der Waals surface area contributed by atoms with Gasteiger partial charge >= 0.3 is 0 Å². The first-order valence-electron chi connectivity index (χ1n) is 7.37. The number of nitrogens with one attached hydrogen (secondary N) is 1. The summed E-state index contributed by atoms with van der Waals surface area (Å²) in [6.07, 6.45) is 1.85. The minimum Gasteiger partial charge on any atom is -0.316 e. The van der Waals surface area contributed by atoms with Crippen molar-refractivity contribution < 1.29 is 0 Å². The van der Waals surface area contributed by atoms with Crippen molar-refractivity contribution in [1.29, 1.82) is 0 Å². The fourth-order valence-electron chi connectivity index (χ4n) is 2.15. The van der Waals surface area contributed by atoms with E-state index in [0.29, 0.717) is 5.92 Å². The molecule has 0 aliphatic rings. The normalized spacial score (nSPS) is 10.9. The third kappa shape index (κ3) is 3.34. The Morgan fingerprint density at radius 2 is 1.82 bits per heavy atom. The molecule has 1 aromatic carbocycles.